The number of benzene rings is 1. The van der Waals surface area contributed by atoms with Crippen molar-refractivity contribution in [2.24, 2.45) is 5.73 Å². The van der Waals surface area contributed by atoms with Crippen LogP contribution in [0.25, 0.3) is 0 Å². The van der Waals surface area contributed by atoms with Gasteiger partial charge in [-0.1, -0.05) is 25.3 Å². The molecule has 11 heteroatoms. The van der Waals surface area contributed by atoms with Crippen LogP contribution in [0.5, 0.6) is 5.75 Å². The first-order chi connectivity index (χ1) is 20.3. The Morgan fingerprint density at radius 3 is 2.69 bits per heavy atom. The lowest BCUT2D eigenvalue weighted by atomic mass is 10.1. The maximum atomic E-state index is 11.6. The third-order valence-electron chi connectivity index (χ3n) is 6.25. The van der Waals surface area contributed by atoms with E-state index in [0.29, 0.717) is 31.1 Å². The zero-order valence-electron chi connectivity index (χ0n) is 25.6. The molecule has 1 aliphatic rings. The number of aromatic nitrogens is 2. The van der Waals surface area contributed by atoms with Gasteiger partial charge in [-0.15, -0.1) is 0 Å². The number of nitrogens with zero attached hydrogens (tertiary/aromatic N) is 4. The maximum absolute atomic E-state index is 11.6. The van der Waals surface area contributed by atoms with Crippen molar-refractivity contribution in [3.63, 3.8) is 0 Å². The number of hydrogen-bond acceptors (Lipinski definition) is 11. The number of aldehydes is 1. The van der Waals surface area contributed by atoms with Gasteiger partial charge in [0.2, 0.25) is 0 Å². The lowest BCUT2D eigenvalue weighted by Crippen LogP contribution is -2.28. The minimum absolute atomic E-state index is 0.244. The average molecular weight is 581 g/mol. The highest BCUT2D eigenvalue weighted by Crippen LogP contribution is 2.23. The van der Waals surface area contributed by atoms with Gasteiger partial charge in [0.1, 0.15) is 17.3 Å². The van der Waals surface area contributed by atoms with Gasteiger partial charge in [0, 0.05) is 62.5 Å². The minimum atomic E-state index is 0.244. The Labute approximate surface area is 250 Å². The van der Waals surface area contributed by atoms with E-state index < -0.39 is 0 Å². The van der Waals surface area contributed by atoms with Crippen LogP contribution >= 0.6 is 0 Å². The van der Waals surface area contributed by atoms with E-state index in [-0.39, 0.29) is 11.7 Å². The predicted molar refractivity (Wildman–Crippen MR) is 171 cm³/mol. The largest absolute Gasteiger partial charge is 0.493 e. The number of nitrogens with two attached hydrogens (primary N) is 1. The van der Waals surface area contributed by atoms with Crippen LogP contribution in [0.4, 0.5) is 17.3 Å². The number of carbonyl (C=O) groups excluding carboxylic acids is 1. The molecule has 0 aliphatic carbocycles. The molecule has 1 aromatic heterocycles. The molecular formula is C31H48N8O3. The number of ether oxygens (including phenoxy) is 2. The Balaban J connectivity index is 0.00000301. The minimum Gasteiger partial charge on any atom is -0.493 e. The van der Waals surface area contributed by atoms with Gasteiger partial charge in [-0.2, -0.15) is 0 Å². The average Bonchev–Trinajstić information content (AvgIpc) is 2.98. The van der Waals surface area contributed by atoms with Gasteiger partial charge in [0.15, 0.2) is 12.1 Å². The fourth-order valence-electron chi connectivity index (χ4n) is 4.00. The van der Waals surface area contributed by atoms with Gasteiger partial charge in [0.05, 0.1) is 19.3 Å². The Bertz CT molecular complexity index is 1150. The molecule has 1 aromatic carbocycles. The molecule has 0 radical (unpaired) electrons. The molecule has 1 fully saturated rings. The fourth-order valence-corrected chi connectivity index (χ4v) is 4.00. The number of allylic oxidation sites excluding steroid dienone is 1. The van der Waals surface area contributed by atoms with E-state index in [4.69, 9.17) is 9.47 Å². The van der Waals surface area contributed by atoms with Crippen molar-refractivity contribution in [3.8, 4) is 5.75 Å². The summed E-state index contributed by atoms with van der Waals surface area (Å²) in [7, 11) is 7.57. The quantitative estimate of drug-likeness (QED) is 0.124. The molecule has 2 aromatic rings. The highest BCUT2D eigenvalue weighted by Gasteiger charge is 2.15. The topological polar surface area (TPSA) is 130 Å². The number of rotatable bonds is 17. The van der Waals surface area contributed by atoms with Crippen LogP contribution < -0.4 is 26.4 Å². The summed E-state index contributed by atoms with van der Waals surface area (Å²) in [6.07, 6.45) is 9.03. The Morgan fingerprint density at radius 2 is 1.98 bits per heavy atom. The molecule has 0 atom stereocenters. The maximum Gasteiger partial charge on any atom is 0.172 e. The lowest BCUT2D eigenvalue weighted by Gasteiger charge is -2.23. The summed E-state index contributed by atoms with van der Waals surface area (Å²) in [4.78, 5) is 24.6. The fraction of sp³-hybridized carbons (Fsp3) is 0.452. The van der Waals surface area contributed by atoms with Gasteiger partial charge in [0.25, 0.3) is 0 Å². The standard InChI is InChI=1S/C30H43N7O3.CH5N/c1-23(21-37(5)24(2)9-7-15-36(3)4)31-14-8-16-40-27-11-6-10-26(19-27)34-30-28(22-38)32-20-29(35-30)33-25-12-17-39-18-13-25;1-2/h6-7,9-11,19-20,22,25,31H,1-2,8,12-18,21H2,3-5H3,(H2,33,34,35);2H2,1H3/b9-7+;. The molecule has 42 heavy (non-hydrogen) atoms. The van der Waals surface area contributed by atoms with Crippen molar-refractivity contribution in [1.29, 1.82) is 0 Å². The van der Waals surface area contributed by atoms with Crippen LogP contribution in [-0.2, 0) is 4.74 Å². The normalized spacial score (nSPS) is 13.2. The van der Waals surface area contributed by atoms with E-state index >= 15 is 0 Å². The molecule has 1 saturated heterocycles. The predicted octanol–water partition coefficient (Wildman–Crippen LogP) is 3.63. The first kappa shape index (κ1) is 34.3. The van der Waals surface area contributed by atoms with E-state index in [1.54, 1.807) is 6.20 Å². The van der Waals surface area contributed by atoms with Crippen LogP contribution in [0.2, 0.25) is 0 Å². The summed E-state index contributed by atoms with van der Waals surface area (Å²) in [5.41, 5.74) is 7.37. The van der Waals surface area contributed by atoms with E-state index in [0.717, 1.165) is 68.4 Å². The summed E-state index contributed by atoms with van der Waals surface area (Å²) in [5, 5.41) is 9.95. The molecule has 0 amide bonds. The van der Waals surface area contributed by atoms with Crippen molar-refractivity contribution in [2.45, 2.75) is 25.3 Å². The van der Waals surface area contributed by atoms with Gasteiger partial charge in [-0.3, -0.25) is 4.79 Å². The number of nitrogens with one attached hydrogen (secondary N) is 3. The monoisotopic (exact) mass is 580 g/mol. The van der Waals surface area contributed by atoms with E-state index in [2.05, 4.69) is 60.7 Å². The highest BCUT2D eigenvalue weighted by atomic mass is 16.5. The van der Waals surface area contributed by atoms with Crippen LogP contribution in [-0.4, -0.2) is 99.7 Å². The highest BCUT2D eigenvalue weighted by molar-refractivity contribution is 5.82. The first-order valence-electron chi connectivity index (χ1n) is 14.2. The molecule has 0 spiro atoms. The summed E-state index contributed by atoms with van der Waals surface area (Å²) >= 11 is 0. The molecule has 0 bridgehead atoms. The summed E-state index contributed by atoms with van der Waals surface area (Å²) < 4.78 is 11.4. The molecule has 11 nitrogen and oxygen atoms in total. The van der Waals surface area contributed by atoms with Gasteiger partial charge < -0.3 is 41.0 Å². The Hall–Kier alpha value is -3.93. The molecule has 5 N–H and O–H groups in total. The zero-order chi connectivity index (χ0) is 30.7. The van der Waals surface area contributed by atoms with E-state index in [9.17, 15) is 4.79 Å². The molecule has 3 rings (SSSR count). The Kier molecular flexibility index (Phi) is 15.7. The number of carbonyl (C=O) groups is 1. The molecular weight excluding hydrogens is 532 g/mol. The molecule has 1 aliphatic heterocycles. The van der Waals surface area contributed by atoms with E-state index in [1.807, 2.05) is 51.5 Å². The second-order valence-corrected chi connectivity index (χ2v) is 10.0. The lowest BCUT2D eigenvalue weighted by molar-refractivity contribution is 0.0904. The van der Waals surface area contributed by atoms with Crippen molar-refractivity contribution in [1.82, 2.24) is 25.1 Å². The molecule has 0 saturated carbocycles. The van der Waals surface area contributed by atoms with E-state index in [1.165, 1.54) is 7.05 Å². The van der Waals surface area contributed by atoms with Crippen LogP contribution in [0.15, 0.2) is 67.2 Å². The second-order valence-electron chi connectivity index (χ2n) is 10.0. The Morgan fingerprint density at radius 1 is 1.21 bits per heavy atom. The first-order valence-corrected chi connectivity index (χ1v) is 14.2. The van der Waals surface area contributed by atoms with Gasteiger partial charge in [-0.05, 0) is 58.6 Å². The number of anilines is 3. The second kappa shape index (κ2) is 19.2. The summed E-state index contributed by atoms with van der Waals surface area (Å²) in [6.45, 7) is 12.5. The van der Waals surface area contributed by atoms with Crippen LogP contribution in [0.3, 0.4) is 0 Å². The summed E-state index contributed by atoms with van der Waals surface area (Å²) in [5.74, 6) is 1.74. The number of hydrogen-bond donors (Lipinski definition) is 4. The van der Waals surface area contributed by atoms with Crippen LogP contribution in [0.1, 0.15) is 29.8 Å². The van der Waals surface area contributed by atoms with Crippen molar-refractivity contribution >= 4 is 23.6 Å². The zero-order valence-corrected chi connectivity index (χ0v) is 25.6. The third kappa shape index (κ3) is 12.7. The van der Waals surface area contributed by atoms with Crippen molar-refractivity contribution in [3.05, 3.63) is 72.9 Å². The molecule has 0 unspecified atom stereocenters. The summed E-state index contributed by atoms with van der Waals surface area (Å²) in [6, 6.07) is 7.85. The van der Waals surface area contributed by atoms with Crippen molar-refractivity contribution in [2.75, 3.05) is 78.3 Å². The van der Waals surface area contributed by atoms with Crippen molar-refractivity contribution < 1.29 is 14.3 Å². The van der Waals surface area contributed by atoms with Crippen LogP contribution in [0, 0.1) is 0 Å². The third-order valence-corrected chi connectivity index (χ3v) is 6.25. The molecule has 230 valence electrons. The van der Waals surface area contributed by atoms with Gasteiger partial charge >= 0.3 is 0 Å². The molecule has 2 heterocycles. The smallest absolute Gasteiger partial charge is 0.172 e. The van der Waals surface area contributed by atoms with Gasteiger partial charge in [-0.25, -0.2) is 9.97 Å². The number of likely N-dealkylation sites (N-methyl/N-ethyl adjacent to an activating group) is 2. The SMILES string of the molecule is C=C(CN(C)C(=C)/C=C/CN(C)C)NCCCOc1cccc(Nc2nc(NC3CCOCC3)cnc2C=O)c1.CN.